The monoisotopic (exact) mass is 283 g/mol. The molecule has 0 atom stereocenters. The quantitative estimate of drug-likeness (QED) is 0.741. The summed E-state index contributed by atoms with van der Waals surface area (Å²) in [4.78, 5) is 16.7. The first-order valence-electron chi connectivity index (χ1n) is 8.32. The summed E-state index contributed by atoms with van der Waals surface area (Å²) in [7, 11) is 0. The Morgan fingerprint density at radius 2 is 1.60 bits per heavy atom. The third-order valence-electron chi connectivity index (χ3n) is 3.98. The summed E-state index contributed by atoms with van der Waals surface area (Å²) in [6.07, 6.45) is 5.15. The Morgan fingerprint density at radius 1 is 1.05 bits per heavy atom. The number of nitrogens with one attached hydrogen (secondary N) is 1. The molecule has 4 heteroatoms. The summed E-state index contributed by atoms with van der Waals surface area (Å²) < 4.78 is 0. The summed E-state index contributed by atoms with van der Waals surface area (Å²) in [5, 5.41) is 2.97. The predicted octanol–water partition coefficient (Wildman–Crippen LogP) is 2.10. The molecule has 1 aliphatic heterocycles. The van der Waals surface area contributed by atoms with Crippen molar-refractivity contribution in [3.63, 3.8) is 0 Å². The van der Waals surface area contributed by atoms with Crippen LogP contribution in [0.1, 0.15) is 53.4 Å². The molecule has 0 bridgehead atoms. The largest absolute Gasteiger partial charge is 0.353 e. The van der Waals surface area contributed by atoms with Crippen molar-refractivity contribution >= 4 is 5.91 Å². The maximum absolute atomic E-state index is 11.8. The fourth-order valence-electron chi connectivity index (χ4n) is 3.03. The average Bonchev–Trinajstić information content (AvgIpc) is 2.38. The highest BCUT2D eigenvalue weighted by molar-refractivity contribution is 5.78. The highest BCUT2D eigenvalue weighted by Gasteiger charge is 2.23. The van der Waals surface area contributed by atoms with Gasteiger partial charge >= 0.3 is 0 Å². The molecule has 0 spiro atoms. The smallest absolute Gasteiger partial charge is 0.234 e. The standard InChI is InChI=1S/C16H33N3O/c1-5-7-15(8-6-2)19-11-9-18(10-12-19)13-16(20)17-14(3)4/h14-15H,5-13H2,1-4H3,(H,17,20). The van der Waals surface area contributed by atoms with Crippen LogP contribution in [0.5, 0.6) is 0 Å². The zero-order valence-corrected chi connectivity index (χ0v) is 13.8. The van der Waals surface area contributed by atoms with Crippen LogP contribution in [-0.2, 0) is 4.79 Å². The number of hydrogen-bond acceptors (Lipinski definition) is 3. The maximum atomic E-state index is 11.8. The van der Waals surface area contributed by atoms with Gasteiger partial charge < -0.3 is 5.32 Å². The Labute approximate surface area is 124 Å². The van der Waals surface area contributed by atoms with Crippen molar-refractivity contribution in [3.8, 4) is 0 Å². The summed E-state index contributed by atoms with van der Waals surface area (Å²) >= 11 is 0. The van der Waals surface area contributed by atoms with Crippen molar-refractivity contribution in [2.24, 2.45) is 0 Å². The number of carbonyl (C=O) groups is 1. The minimum atomic E-state index is 0.159. The molecule has 1 amide bonds. The Balaban J connectivity index is 2.33. The molecule has 0 saturated carbocycles. The summed E-state index contributed by atoms with van der Waals surface area (Å²) in [5.74, 6) is 0.159. The molecule has 118 valence electrons. The second kappa shape index (κ2) is 9.35. The van der Waals surface area contributed by atoms with Gasteiger partial charge in [-0.15, -0.1) is 0 Å². The van der Waals surface area contributed by atoms with Gasteiger partial charge in [0.2, 0.25) is 5.91 Å². The molecule has 0 aromatic rings. The number of nitrogens with zero attached hydrogens (tertiary/aromatic N) is 2. The number of rotatable bonds is 8. The fraction of sp³-hybridized carbons (Fsp3) is 0.938. The van der Waals surface area contributed by atoms with Gasteiger partial charge in [0.25, 0.3) is 0 Å². The van der Waals surface area contributed by atoms with Gasteiger partial charge in [-0.25, -0.2) is 0 Å². The molecule has 1 heterocycles. The van der Waals surface area contributed by atoms with Crippen LogP contribution in [0.3, 0.4) is 0 Å². The van der Waals surface area contributed by atoms with E-state index in [0.717, 1.165) is 32.2 Å². The first-order chi connectivity index (χ1) is 9.56. The Bertz CT molecular complexity index is 267. The second-order valence-corrected chi connectivity index (χ2v) is 6.27. The maximum Gasteiger partial charge on any atom is 0.234 e. The fourth-order valence-corrected chi connectivity index (χ4v) is 3.03. The van der Waals surface area contributed by atoms with E-state index < -0.39 is 0 Å². The van der Waals surface area contributed by atoms with Crippen molar-refractivity contribution in [2.75, 3.05) is 32.7 Å². The average molecular weight is 283 g/mol. The Morgan fingerprint density at radius 3 is 2.05 bits per heavy atom. The van der Waals surface area contributed by atoms with Gasteiger partial charge in [-0.1, -0.05) is 26.7 Å². The first-order valence-corrected chi connectivity index (χ1v) is 8.32. The third-order valence-corrected chi connectivity index (χ3v) is 3.98. The van der Waals surface area contributed by atoms with E-state index >= 15 is 0 Å². The first kappa shape index (κ1) is 17.4. The lowest BCUT2D eigenvalue weighted by Gasteiger charge is -2.39. The zero-order valence-electron chi connectivity index (χ0n) is 13.8. The van der Waals surface area contributed by atoms with E-state index in [9.17, 15) is 4.79 Å². The van der Waals surface area contributed by atoms with Crippen molar-refractivity contribution in [1.29, 1.82) is 0 Å². The van der Waals surface area contributed by atoms with Crippen LogP contribution >= 0.6 is 0 Å². The van der Waals surface area contributed by atoms with Gasteiger partial charge in [0.05, 0.1) is 6.54 Å². The molecule has 1 aliphatic rings. The van der Waals surface area contributed by atoms with Crippen LogP contribution in [0.15, 0.2) is 0 Å². The topological polar surface area (TPSA) is 35.6 Å². The molecule has 0 aliphatic carbocycles. The number of carbonyl (C=O) groups excluding carboxylic acids is 1. The molecule has 1 N–H and O–H groups in total. The van der Waals surface area contributed by atoms with E-state index in [1.54, 1.807) is 0 Å². The van der Waals surface area contributed by atoms with Crippen molar-refractivity contribution in [2.45, 2.75) is 65.5 Å². The molecule has 0 aromatic heterocycles. The van der Waals surface area contributed by atoms with Gasteiger partial charge in [-0.2, -0.15) is 0 Å². The van der Waals surface area contributed by atoms with Crippen molar-refractivity contribution < 1.29 is 4.79 Å². The van der Waals surface area contributed by atoms with E-state index in [0.29, 0.717) is 6.54 Å². The summed E-state index contributed by atoms with van der Waals surface area (Å²) in [6, 6.07) is 0.985. The van der Waals surface area contributed by atoms with Crippen LogP contribution < -0.4 is 5.32 Å². The van der Waals surface area contributed by atoms with Crippen LogP contribution in [0.4, 0.5) is 0 Å². The Kier molecular flexibility index (Phi) is 8.15. The minimum absolute atomic E-state index is 0.159. The molecular formula is C16H33N3O. The lowest BCUT2D eigenvalue weighted by atomic mass is 10.0. The van der Waals surface area contributed by atoms with Crippen LogP contribution in [0, 0.1) is 0 Å². The molecule has 1 saturated heterocycles. The van der Waals surface area contributed by atoms with E-state index in [4.69, 9.17) is 0 Å². The molecule has 0 unspecified atom stereocenters. The normalized spacial score (nSPS) is 17.9. The molecule has 20 heavy (non-hydrogen) atoms. The Hall–Kier alpha value is -0.610. The minimum Gasteiger partial charge on any atom is -0.353 e. The SMILES string of the molecule is CCCC(CCC)N1CCN(CC(=O)NC(C)C)CC1. The van der Waals surface area contributed by atoms with E-state index in [1.807, 2.05) is 13.8 Å². The highest BCUT2D eigenvalue weighted by atomic mass is 16.2. The van der Waals surface area contributed by atoms with Gasteiger partial charge in [-0.05, 0) is 26.7 Å². The molecule has 0 aromatic carbocycles. The van der Waals surface area contributed by atoms with Crippen molar-refractivity contribution in [3.05, 3.63) is 0 Å². The highest BCUT2D eigenvalue weighted by Crippen LogP contribution is 2.15. The molecule has 4 nitrogen and oxygen atoms in total. The van der Waals surface area contributed by atoms with E-state index in [2.05, 4.69) is 29.0 Å². The van der Waals surface area contributed by atoms with Gasteiger partial charge in [-0.3, -0.25) is 14.6 Å². The predicted molar refractivity (Wildman–Crippen MR) is 84.9 cm³/mol. The molecule has 1 rings (SSSR count). The number of hydrogen-bond donors (Lipinski definition) is 1. The van der Waals surface area contributed by atoms with Crippen LogP contribution in [0.2, 0.25) is 0 Å². The van der Waals surface area contributed by atoms with E-state index in [-0.39, 0.29) is 11.9 Å². The van der Waals surface area contributed by atoms with Gasteiger partial charge in [0.1, 0.15) is 0 Å². The summed E-state index contributed by atoms with van der Waals surface area (Å²) in [5.41, 5.74) is 0. The molecule has 1 fully saturated rings. The van der Waals surface area contributed by atoms with Crippen LogP contribution in [-0.4, -0.2) is 60.5 Å². The zero-order chi connectivity index (χ0) is 15.0. The molecule has 0 radical (unpaired) electrons. The summed E-state index contributed by atoms with van der Waals surface area (Å²) in [6.45, 7) is 13.4. The molecular weight excluding hydrogens is 250 g/mol. The van der Waals surface area contributed by atoms with E-state index in [1.165, 1.54) is 25.7 Å². The number of amides is 1. The third kappa shape index (κ3) is 6.23. The lowest BCUT2D eigenvalue weighted by molar-refractivity contribution is -0.123. The second-order valence-electron chi connectivity index (χ2n) is 6.27. The van der Waals surface area contributed by atoms with Gasteiger partial charge in [0.15, 0.2) is 0 Å². The van der Waals surface area contributed by atoms with Gasteiger partial charge in [0, 0.05) is 38.3 Å². The number of piperazine rings is 1. The van der Waals surface area contributed by atoms with Crippen LogP contribution in [0.25, 0.3) is 0 Å². The van der Waals surface area contributed by atoms with Crippen molar-refractivity contribution in [1.82, 2.24) is 15.1 Å². The lowest BCUT2D eigenvalue weighted by Crippen LogP contribution is -2.52.